The van der Waals surface area contributed by atoms with Gasteiger partial charge in [-0.15, -0.1) is 0 Å². The Bertz CT molecular complexity index is 1070. The van der Waals surface area contributed by atoms with Gasteiger partial charge in [0.2, 0.25) is 5.91 Å². The first-order chi connectivity index (χ1) is 14.5. The van der Waals surface area contributed by atoms with Crippen molar-refractivity contribution in [3.05, 3.63) is 52.6 Å². The minimum absolute atomic E-state index is 0.139. The normalized spacial score (nSPS) is 21.5. The Hall–Kier alpha value is -2.27. The van der Waals surface area contributed by atoms with Crippen LogP contribution in [0.1, 0.15) is 62.8 Å². The number of carbonyl (C=O) groups is 2. The average molecular weight is 438 g/mol. The Morgan fingerprint density at radius 3 is 2.23 bits per heavy atom. The Balaban J connectivity index is 1.74. The van der Waals surface area contributed by atoms with Crippen molar-refractivity contribution in [3.8, 4) is 16.9 Å². The standard InChI is InChI=1S/C26H31NO3S/c1-15-11-19-20(26(4,5)10-9-25(19,2)3)14-18(15)17-8-7-16(12-21(17)30-6)13-22-23(28)27-24(29)31-22/h7-8,11-12,14,22H,9-10,13H2,1-6H3,(H,27,28,29). The number of imide groups is 1. The van der Waals surface area contributed by atoms with E-state index < -0.39 is 0 Å². The van der Waals surface area contributed by atoms with Gasteiger partial charge in [-0.25, -0.2) is 0 Å². The highest BCUT2D eigenvalue weighted by atomic mass is 32.2. The highest BCUT2D eigenvalue weighted by Gasteiger charge is 2.37. The molecule has 4 rings (SSSR count). The van der Waals surface area contributed by atoms with Gasteiger partial charge in [0, 0.05) is 5.56 Å². The molecule has 31 heavy (non-hydrogen) atoms. The lowest BCUT2D eigenvalue weighted by molar-refractivity contribution is -0.118. The van der Waals surface area contributed by atoms with Crippen LogP contribution >= 0.6 is 11.8 Å². The van der Waals surface area contributed by atoms with Crippen molar-refractivity contribution in [1.82, 2.24) is 5.32 Å². The van der Waals surface area contributed by atoms with Crippen LogP contribution in [0.25, 0.3) is 11.1 Å². The highest BCUT2D eigenvalue weighted by Crippen LogP contribution is 2.48. The minimum atomic E-state index is -0.378. The molecule has 0 aromatic heterocycles. The molecule has 2 aromatic rings. The summed E-state index contributed by atoms with van der Waals surface area (Å²) in [5.41, 5.74) is 7.68. The van der Waals surface area contributed by atoms with Crippen LogP contribution in [0.2, 0.25) is 0 Å². The molecule has 4 nitrogen and oxygen atoms in total. The number of carbonyl (C=O) groups excluding carboxylic acids is 2. The lowest BCUT2D eigenvalue weighted by Gasteiger charge is -2.42. The van der Waals surface area contributed by atoms with Gasteiger partial charge in [0.25, 0.3) is 5.24 Å². The zero-order valence-electron chi connectivity index (χ0n) is 19.2. The third-order valence-electron chi connectivity index (χ3n) is 6.94. The largest absolute Gasteiger partial charge is 0.496 e. The Morgan fingerprint density at radius 2 is 1.65 bits per heavy atom. The molecule has 1 atom stereocenters. The molecule has 1 unspecified atom stereocenters. The number of benzene rings is 2. The van der Waals surface area contributed by atoms with E-state index in [0.717, 1.165) is 28.6 Å². The third-order valence-corrected chi connectivity index (χ3v) is 7.92. The Morgan fingerprint density at radius 1 is 1.00 bits per heavy atom. The molecule has 0 radical (unpaired) electrons. The number of hydrogen-bond acceptors (Lipinski definition) is 4. The third kappa shape index (κ3) is 4.00. The van der Waals surface area contributed by atoms with Crippen molar-refractivity contribution >= 4 is 22.9 Å². The molecule has 2 aromatic carbocycles. The second kappa shape index (κ2) is 7.70. The molecule has 5 heteroatoms. The topological polar surface area (TPSA) is 55.4 Å². The van der Waals surface area contributed by atoms with E-state index in [1.165, 1.54) is 35.1 Å². The van der Waals surface area contributed by atoms with Crippen molar-refractivity contribution in [1.29, 1.82) is 0 Å². The number of thioether (sulfide) groups is 1. The predicted molar refractivity (Wildman–Crippen MR) is 127 cm³/mol. The predicted octanol–water partition coefficient (Wildman–Crippen LogP) is 5.91. The summed E-state index contributed by atoms with van der Waals surface area (Å²) in [6.45, 7) is 11.5. The van der Waals surface area contributed by atoms with Crippen LogP contribution in [0.15, 0.2) is 30.3 Å². The van der Waals surface area contributed by atoms with Crippen LogP contribution in [-0.2, 0) is 22.0 Å². The molecular weight excluding hydrogens is 406 g/mol. The average Bonchev–Trinajstić information content (AvgIpc) is 3.02. The monoisotopic (exact) mass is 437 g/mol. The van der Waals surface area contributed by atoms with Gasteiger partial charge in [0.05, 0.1) is 12.4 Å². The quantitative estimate of drug-likeness (QED) is 0.646. The van der Waals surface area contributed by atoms with Gasteiger partial charge in [0.1, 0.15) is 5.75 Å². The molecule has 1 aliphatic carbocycles. The van der Waals surface area contributed by atoms with E-state index in [-0.39, 0.29) is 27.2 Å². The summed E-state index contributed by atoms with van der Waals surface area (Å²) in [6, 6.07) is 10.9. The summed E-state index contributed by atoms with van der Waals surface area (Å²) in [7, 11) is 1.68. The van der Waals surface area contributed by atoms with Crippen molar-refractivity contribution in [2.75, 3.05) is 7.11 Å². The van der Waals surface area contributed by atoms with Crippen LogP contribution in [0, 0.1) is 6.92 Å². The summed E-state index contributed by atoms with van der Waals surface area (Å²) in [5.74, 6) is 0.580. The second-order valence-corrected chi connectivity index (χ2v) is 11.3. The van der Waals surface area contributed by atoms with Gasteiger partial charge in [-0.1, -0.05) is 57.7 Å². The lowest BCUT2D eigenvalue weighted by Crippen LogP contribution is -2.34. The number of rotatable bonds is 4. The van der Waals surface area contributed by atoms with Crippen LogP contribution in [-0.4, -0.2) is 23.5 Å². The zero-order chi connectivity index (χ0) is 22.6. The molecule has 2 aliphatic rings. The molecule has 1 N–H and O–H groups in total. The molecule has 1 fully saturated rings. The maximum Gasteiger partial charge on any atom is 0.286 e. The molecular formula is C26H31NO3S. The van der Waals surface area contributed by atoms with Gasteiger partial charge in [-0.2, -0.15) is 0 Å². The number of ether oxygens (including phenoxy) is 1. The molecule has 0 spiro atoms. The Labute approximate surface area is 189 Å². The SMILES string of the molecule is COc1cc(CC2SC(=O)NC2=O)ccc1-c1cc2c(cc1C)C(C)(C)CCC2(C)C. The molecule has 164 valence electrons. The minimum Gasteiger partial charge on any atom is -0.496 e. The number of nitrogens with one attached hydrogen (secondary N) is 1. The molecule has 2 amide bonds. The van der Waals surface area contributed by atoms with Crippen LogP contribution in [0.4, 0.5) is 4.79 Å². The molecule has 1 heterocycles. The van der Waals surface area contributed by atoms with E-state index in [2.05, 4.69) is 58.1 Å². The fourth-order valence-electron chi connectivity index (χ4n) is 4.84. The fourth-order valence-corrected chi connectivity index (χ4v) is 5.70. The molecule has 1 aliphatic heterocycles. The smallest absolute Gasteiger partial charge is 0.286 e. The summed E-state index contributed by atoms with van der Waals surface area (Å²) in [5, 5.41) is 1.71. The second-order valence-electron chi connectivity index (χ2n) is 10.1. The van der Waals surface area contributed by atoms with Crippen LogP contribution < -0.4 is 10.1 Å². The molecule has 0 bridgehead atoms. The van der Waals surface area contributed by atoms with Gasteiger partial charge < -0.3 is 4.74 Å². The molecule has 0 saturated carbocycles. The summed E-state index contributed by atoms with van der Waals surface area (Å²) in [4.78, 5) is 23.4. The van der Waals surface area contributed by atoms with Gasteiger partial charge in [-0.05, 0) is 77.0 Å². The zero-order valence-corrected chi connectivity index (χ0v) is 20.0. The maximum absolute atomic E-state index is 11.9. The van der Waals surface area contributed by atoms with Crippen LogP contribution in [0.3, 0.4) is 0 Å². The summed E-state index contributed by atoms with van der Waals surface area (Å²) < 4.78 is 5.77. The van der Waals surface area contributed by atoms with Crippen molar-refractivity contribution < 1.29 is 14.3 Å². The number of amides is 2. The first kappa shape index (κ1) is 21.9. The maximum atomic E-state index is 11.9. The van der Waals surface area contributed by atoms with E-state index in [1.807, 2.05) is 12.1 Å². The lowest BCUT2D eigenvalue weighted by atomic mass is 9.62. The van der Waals surface area contributed by atoms with Crippen LogP contribution in [0.5, 0.6) is 5.75 Å². The van der Waals surface area contributed by atoms with Gasteiger partial charge >= 0.3 is 0 Å². The van der Waals surface area contributed by atoms with Gasteiger partial charge in [-0.3, -0.25) is 14.9 Å². The van der Waals surface area contributed by atoms with E-state index in [9.17, 15) is 9.59 Å². The summed E-state index contributed by atoms with van der Waals surface area (Å²) in [6.07, 6.45) is 2.87. The highest BCUT2D eigenvalue weighted by molar-refractivity contribution is 8.15. The number of methoxy groups -OCH3 is 1. The Kier molecular flexibility index (Phi) is 5.45. The number of aryl methyl sites for hydroxylation is 1. The van der Waals surface area contributed by atoms with Crippen molar-refractivity contribution in [3.63, 3.8) is 0 Å². The van der Waals surface area contributed by atoms with E-state index in [4.69, 9.17) is 4.74 Å². The number of fused-ring (bicyclic) bond motifs is 1. The first-order valence-electron chi connectivity index (χ1n) is 10.9. The van der Waals surface area contributed by atoms with E-state index >= 15 is 0 Å². The fraction of sp³-hybridized carbons (Fsp3) is 0.462. The molecule has 1 saturated heterocycles. The number of hydrogen-bond donors (Lipinski definition) is 1. The van der Waals surface area contributed by atoms with E-state index in [0.29, 0.717) is 6.42 Å². The van der Waals surface area contributed by atoms with E-state index in [1.54, 1.807) is 7.11 Å². The first-order valence-corrected chi connectivity index (χ1v) is 11.7. The van der Waals surface area contributed by atoms with Gasteiger partial charge in [0.15, 0.2) is 0 Å². The summed E-state index contributed by atoms with van der Waals surface area (Å²) >= 11 is 1.06. The van der Waals surface area contributed by atoms with Crippen molar-refractivity contribution in [2.24, 2.45) is 0 Å². The van der Waals surface area contributed by atoms with Crippen molar-refractivity contribution in [2.45, 2.75) is 70.0 Å².